The van der Waals surface area contributed by atoms with Gasteiger partial charge in [-0.15, -0.1) is 0 Å². The van der Waals surface area contributed by atoms with Gasteiger partial charge in [-0.1, -0.05) is 79.9 Å². The summed E-state index contributed by atoms with van der Waals surface area (Å²) in [6.45, 7) is 3.24. The number of carbonyl (C=O) groups is 4. The number of esters is 1. The van der Waals surface area contributed by atoms with Gasteiger partial charge in [0, 0.05) is 22.0 Å². The Morgan fingerprint density at radius 2 is 1.48 bits per heavy atom. The zero-order valence-electron chi connectivity index (χ0n) is 23.2. The number of carbonyl (C=O) groups excluding carboxylic acids is 4. The smallest absolute Gasteiger partial charge is 0.329 e. The number of hydrogen-bond acceptors (Lipinski definition) is 5. The second-order valence-corrected chi connectivity index (χ2v) is 12.5. The zero-order valence-corrected chi connectivity index (χ0v) is 25.6. The predicted octanol–water partition coefficient (Wildman–Crippen LogP) is 6.34. The van der Waals surface area contributed by atoms with E-state index in [-0.39, 0.29) is 30.1 Å². The number of aryl methyl sites for hydroxylation is 1. The van der Waals surface area contributed by atoms with Crippen molar-refractivity contribution in [1.82, 2.24) is 4.90 Å². The molecule has 42 heavy (non-hydrogen) atoms. The minimum Gasteiger partial charge on any atom is -0.454 e. The van der Waals surface area contributed by atoms with Gasteiger partial charge in [0.1, 0.15) is 6.04 Å². The number of anilines is 1. The van der Waals surface area contributed by atoms with Gasteiger partial charge in [0.15, 0.2) is 6.61 Å². The number of hydrogen-bond donors (Lipinski definition) is 1. The first-order valence-electron chi connectivity index (χ1n) is 14.2. The molecule has 0 saturated carbocycles. The molecule has 1 saturated heterocycles. The van der Waals surface area contributed by atoms with E-state index in [0.29, 0.717) is 21.6 Å². The normalized spacial score (nSPS) is 22.3. The Bertz CT molecular complexity index is 1510. The van der Waals surface area contributed by atoms with Gasteiger partial charge in [-0.3, -0.25) is 19.3 Å². The molecule has 1 fully saturated rings. The molecule has 3 aromatic rings. The minimum atomic E-state index is -1.10. The minimum absolute atomic E-state index is 0.261. The molecule has 1 N–H and O–H groups in total. The van der Waals surface area contributed by atoms with Gasteiger partial charge in [-0.05, 0) is 69.2 Å². The Balaban J connectivity index is 1.25. The highest BCUT2D eigenvalue weighted by Crippen LogP contribution is 2.61. The molecule has 216 valence electrons. The highest BCUT2D eigenvalue weighted by molar-refractivity contribution is 9.10. The lowest BCUT2D eigenvalue weighted by Crippen LogP contribution is -2.47. The Morgan fingerprint density at radius 3 is 1.98 bits per heavy atom. The SMILES string of the molecule is CCCC[C@H](C(=O)OCC(=O)Nc1cc(Cl)c(Br)cc1C)N1C(=O)[C@@H]2C3c4ccccc4C(c4ccccc43)[C@H]2C1=O. The van der Waals surface area contributed by atoms with Crippen molar-refractivity contribution in [2.24, 2.45) is 11.8 Å². The molecule has 7 rings (SSSR count). The van der Waals surface area contributed by atoms with Crippen molar-refractivity contribution in [2.45, 2.75) is 51.0 Å². The van der Waals surface area contributed by atoms with Crippen molar-refractivity contribution >= 4 is 56.9 Å². The topological polar surface area (TPSA) is 92.8 Å². The molecular weight excluding hydrogens is 620 g/mol. The van der Waals surface area contributed by atoms with Crippen LogP contribution < -0.4 is 5.32 Å². The Kier molecular flexibility index (Phi) is 7.70. The van der Waals surface area contributed by atoms with Crippen LogP contribution in [0.2, 0.25) is 5.02 Å². The maximum Gasteiger partial charge on any atom is 0.329 e. The van der Waals surface area contributed by atoms with E-state index in [1.165, 1.54) is 0 Å². The fourth-order valence-electron chi connectivity index (χ4n) is 6.96. The fraction of sp³-hybridized carbons (Fsp3) is 0.333. The molecule has 0 unspecified atom stereocenters. The maximum absolute atomic E-state index is 14.1. The Hall–Kier alpha value is -3.49. The van der Waals surface area contributed by atoms with E-state index in [0.717, 1.165) is 39.1 Å². The third-order valence-electron chi connectivity index (χ3n) is 8.78. The molecule has 1 aliphatic heterocycles. The number of benzene rings is 3. The van der Waals surface area contributed by atoms with Crippen LogP contribution in [-0.2, 0) is 23.9 Å². The van der Waals surface area contributed by atoms with Crippen LogP contribution in [-0.4, -0.2) is 41.2 Å². The molecule has 0 radical (unpaired) electrons. The number of ether oxygens (including phenoxy) is 1. The van der Waals surface area contributed by atoms with E-state index >= 15 is 0 Å². The lowest BCUT2D eigenvalue weighted by molar-refractivity contribution is -0.160. The number of amides is 3. The third-order valence-corrected chi connectivity index (χ3v) is 9.98. The predicted molar refractivity (Wildman–Crippen MR) is 162 cm³/mol. The van der Waals surface area contributed by atoms with Crippen LogP contribution in [0.25, 0.3) is 0 Å². The highest BCUT2D eigenvalue weighted by Gasteiger charge is 2.63. The van der Waals surface area contributed by atoms with Crippen molar-refractivity contribution in [3.63, 3.8) is 0 Å². The maximum atomic E-state index is 14.1. The summed E-state index contributed by atoms with van der Waals surface area (Å²) in [7, 11) is 0. The molecule has 0 aromatic heterocycles. The summed E-state index contributed by atoms with van der Waals surface area (Å²) in [6.07, 6.45) is 1.64. The molecule has 3 aromatic carbocycles. The largest absolute Gasteiger partial charge is 0.454 e. The Labute approximate surface area is 257 Å². The molecule has 2 bridgehead atoms. The van der Waals surface area contributed by atoms with E-state index < -0.39 is 36.4 Å². The van der Waals surface area contributed by atoms with Crippen LogP contribution in [0.1, 0.15) is 65.8 Å². The zero-order chi connectivity index (χ0) is 29.7. The van der Waals surface area contributed by atoms with E-state index in [4.69, 9.17) is 16.3 Å². The lowest BCUT2D eigenvalue weighted by Gasteiger charge is -2.45. The summed E-state index contributed by atoms with van der Waals surface area (Å²) in [5.41, 5.74) is 5.54. The van der Waals surface area contributed by atoms with Crippen LogP contribution >= 0.6 is 27.5 Å². The fourth-order valence-corrected chi connectivity index (χ4v) is 7.58. The quantitative estimate of drug-likeness (QED) is 0.227. The second kappa shape index (κ2) is 11.3. The van der Waals surface area contributed by atoms with Crippen LogP contribution in [0.4, 0.5) is 5.69 Å². The van der Waals surface area contributed by atoms with Gasteiger partial charge in [0.25, 0.3) is 5.91 Å². The molecule has 9 heteroatoms. The van der Waals surface area contributed by atoms with Gasteiger partial charge in [-0.2, -0.15) is 0 Å². The van der Waals surface area contributed by atoms with Crippen LogP contribution in [0.3, 0.4) is 0 Å². The number of imide groups is 1. The monoisotopic (exact) mass is 648 g/mol. The number of nitrogens with zero attached hydrogens (tertiary/aromatic N) is 1. The molecule has 3 atom stereocenters. The van der Waals surface area contributed by atoms with Crippen molar-refractivity contribution in [3.05, 3.63) is 98.0 Å². The van der Waals surface area contributed by atoms with E-state index in [9.17, 15) is 19.2 Å². The molecule has 4 aliphatic rings. The first kappa shape index (κ1) is 28.6. The van der Waals surface area contributed by atoms with Gasteiger partial charge >= 0.3 is 5.97 Å². The molecule has 1 heterocycles. The second-order valence-electron chi connectivity index (χ2n) is 11.2. The van der Waals surface area contributed by atoms with Crippen LogP contribution in [0.15, 0.2) is 65.1 Å². The molecular formula is C33H30BrClN2O5. The summed E-state index contributed by atoms with van der Waals surface area (Å²) < 4.78 is 6.14. The number of halogens is 2. The first-order valence-corrected chi connectivity index (χ1v) is 15.4. The lowest BCUT2D eigenvalue weighted by atomic mass is 9.55. The molecule has 3 aliphatic carbocycles. The molecule has 0 spiro atoms. The van der Waals surface area contributed by atoms with Crippen LogP contribution in [0, 0.1) is 18.8 Å². The van der Waals surface area contributed by atoms with Crippen molar-refractivity contribution in [1.29, 1.82) is 0 Å². The number of rotatable bonds is 8. The van der Waals surface area contributed by atoms with Crippen molar-refractivity contribution < 1.29 is 23.9 Å². The van der Waals surface area contributed by atoms with Crippen molar-refractivity contribution in [2.75, 3.05) is 11.9 Å². The summed E-state index contributed by atoms with van der Waals surface area (Å²) in [4.78, 5) is 55.7. The van der Waals surface area contributed by atoms with Gasteiger partial charge in [-0.25, -0.2) is 4.79 Å². The van der Waals surface area contributed by atoms with E-state index in [2.05, 4.69) is 21.2 Å². The number of nitrogens with one attached hydrogen (secondary N) is 1. The van der Waals surface area contributed by atoms with E-state index in [1.54, 1.807) is 12.1 Å². The molecule has 7 nitrogen and oxygen atoms in total. The Morgan fingerprint density at radius 1 is 0.952 bits per heavy atom. The van der Waals surface area contributed by atoms with Gasteiger partial charge < -0.3 is 10.1 Å². The summed E-state index contributed by atoms with van der Waals surface area (Å²) in [5, 5.41) is 3.14. The van der Waals surface area contributed by atoms with Crippen molar-refractivity contribution in [3.8, 4) is 0 Å². The average Bonchev–Trinajstić information content (AvgIpc) is 3.25. The summed E-state index contributed by atoms with van der Waals surface area (Å²) >= 11 is 9.52. The summed E-state index contributed by atoms with van der Waals surface area (Å²) in [5.74, 6) is -3.68. The summed E-state index contributed by atoms with van der Waals surface area (Å²) in [6, 6.07) is 18.3. The first-order chi connectivity index (χ1) is 20.2. The van der Waals surface area contributed by atoms with E-state index in [1.807, 2.05) is 62.4 Å². The van der Waals surface area contributed by atoms with Gasteiger partial charge in [0.2, 0.25) is 11.8 Å². The average molecular weight is 650 g/mol. The van der Waals surface area contributed by atoms with Crippen LogP contribution in [0.5, 0.6) is 0 Å². The third kappa shape index (κ3) is 4.65. The number of likely N-dealkylation sites (tertiary alicyclic amines) is 1. The highest BCUT2D eigenvalue weighted by atomic mass is 79.9. The number of unbranched alkanes of at least 4 members (excludes halogenated alkanes) is 1. The van der Waals surface area contributed by atoms with Gasteiger partial charge in [0.05, 0.1) is 16.9 Å². The molecule has 3 amide bonds. The standard InChI is InChI=1S/C33H30BrClN2O5/c1-3-4-13-25(33(41)42-16-26(38)36-24-15-23(35)22(34)14-17(24)2)37-31(39)29-27-18-9-5-6-10-19(18)28(30(29)32(37)40)21-12-8-7-11-20(21)27/h5-12,14-15,25,27-30H,3-4,13,16H2,1-2H3,(H,36,38)/t25-,27?,28?,29-,30-/m1/s1.